The SMILES string of the molecule is CCN(c1ccc([C@@H](C)O)cc1Cl)C(C)CN(C)C. The van der Waals surface area contributed by atoms with Gasteiger partial charge in [0, 0.05) is 19.1 Å². The molecular weight excluding hydrogens is 260 g/mol. The van der Waals surface area contributed by atoms with Crippen molar-refractivity contribution in [2.75, 3.05) is 32.1 Å². The van der Waals surface area contributed by atoms with Gasteiger partial charge in [-0.2, -0.15) is 0 Å². The van der Waals surface area contributed by atoms with Crippen LogP contribution in [0.3, 0.4) is 0 Å². The van der Waals surface area contributed by atoms with Crippen molar-refractivity contribution >= 4 is 17.3 Å². The molecule has 0 radical (unpaired) electrons. The third-order valence-electron chi connectivity index (χ3n) is 3.27. The summed E-state index contributed by atoms with van der Waals surface area (Å²) >= 11 is 6.36. The van der Waals surface area contributed by atoms with E-state index in [1.165, 1.54) is 0 Å². The third kappa shape index (κ3) is 4.37. The van der Waals surface area contributed by atoms with Gasteiger partial charge in [0.15, 0.2) is 0 Å². The van der Waals surface area contributed by atoms with Crippen molar-refractivity contribution in [2.24, 2.45) is 0 Å². The molecule has 0 saturated heterocycles. The first-order valence-electron chi connectivity index (χ1n) is 6.75. The minimum Gasteiger partial charge on any atom is -0.389 e. The standard InChI is InChI=1S/C15H25ClN2O/c1-6-18(11(2)10-17(4)5)15-8-7-13(12(3)19)9-14(15)16/h7-9,11-12,19H,6,10H2,1-5H3/t11?,12-/m1/s1. The van der Waals surface area contributed by atoms with E-state index in [1.54, 1.807) is 6.92 Å². The highest BCUT2D eigenvalue weighted by atomic mass is 35.5. The molecule has 0 aliphatic heterocycles. The lowest BCUT2D eigenvalue weighted by atomic mass is 10.1. The van der Waals surface area contributed by atoms with Crippen LogP contribution in [0.1, 0.15) is 32.4 Å². The first-order valence-corrected chi connectivity index (χ1v) is 7.13. The maximum atomic E-state index is 9.58. The van der Waals surface area contributed by atoms with Gasteiger partial charge in [-0.1, -0.05) is 17.7 Å². The van der Waals surface area contributed by atoms with Crippen LogP contribution in [0.25, 0.3) is 0 Å². The molecule has 1 aromatic carbocycles. The van der Waals surface area contributed by atoms with E-state index in [-0.39, 0.29) is 0 Å². The van der Waals surface area contributed by atoms with E-state index in [9.17, 15) is 5.11 Å². The highest BCUT2D eigenvalue weighted by Crippen LogP contribution is 2.30. The minimum atomic E-state index is -0.485. The number of anilines is 1. The van der Waals surface area contributed by atoms with Gasteiger partial charge in [-0.3, -0.25) is 0 Å². The summed E-state index contributed by atoms with van der Waals surface area (Å²) in [7, 11) is 4.14. The number of hydrogen-bond donors (Lipinski definition) is 1. The molecule has 0 amide bonds. The van der Waals surface area contributed by atoms with Crippen LogP contribution in [0.15, 0.2) is 18.2 Å². The second-order valence-electron chi connectivity index (χ2n) is 5.28. The summed E-state index contributed by atoms with van der Waals surface area (Å²) in [6, 6.07) is 6.18. The first-order chi connectivity index (χ1) is 8.86. The smallest absolute Gasteiger partial charge is 0.0762 e. The summed E-state index contributed by atoms with van der Waals surface area (Å²) in [5.74, 6) is 0. The van der Waals surface area contributed by atoms with Crippen molar-refractivity contribution in [2.45, 2.75) is 32.9 Å². The zero-order chi connectivity index (χ0) is 14.6. The zero-order valence-corrected chi connectivity index (χ0v) is 13.3. The van der Waals surface area contributed by atoms with Crippen molar-refractivity contribution in [1.29, 1.82) is 0 Å². The summed E-state index contributed by atoms with van der Waals surface area (Å²) in [4.78, 5) is 4.46. The summed E-state index contributed by atoms with van der Waals surface area (Å²) < 4.78 is 0. The number of halogens is 1. The molecule has 1 N–H and O–H groups in total. The fourth-order valence-corrected chi connectivity index (χ4v) is 2.66. The molecule has 1 aromatic rings. The number of benzene rings is 1. The molecule has 0 aliphatic rings. The van der Waals surface area contributed by atoms with E-state index in [1.807, 2.05) is 18.2 Å². The second kappa shape index (κ2) is 7.13. The Bertz CT molecular complexity index is 407. The normalized spacial score (nSPS) is 14.5. The monoisotopic (exact) mass is 284 g/mol. The lowest BCUT2D eigenvalue weighted by Gasteiger charge is -2.33. The quantitative estimate of drug-likeness (QED) is 0.869. The van der Waals surface area contributed by atoms with E-state index < -0.39 is 6.10 Å². The van der Waals surface area contributed by atoms with Crippen LogP contribution < -0.4 is 4.90 Å². The van der Waals surface area contributed by atoms with Crippen LogP contribution in [-0.4, -0.2) is 43.2 Å². The molecule has 1 rings (SSSR count). The third-order valence-corrected chi connectivity index (χ3v) is 3.57. The number of rotatable bonds is 6. The van der Waals surface area contributed by atoms with Gasteiger partial charge in [0.25, 0.3) is 0 Å². The molecule has 0 aromatic heterocycles. The highest BCUT2D eigenvalue weighted by molar-refractivity contribution is 6.33. The molecule has 0 aliphatic carbocycles. The maximum Gasteiger partial charge on any atom is 0.0762 e. The van der Waals surface area contributed by atoms with Gasteiger partial charge < -0.3 is 14.9 Å². The molecule has 3 nitrogen and oxygen atoms in total. The Morgan fingerprint density at radius 2 is 1.89 bits per heavy atom. The lowest BCUT2D eigenvalue weighted by molar-refractivity contribution is 0.199. The second-order valence-corrected chi connectivity index (χ2v) is 5.69. The Balaban J connectivity index is 2.98. The average molecular weight is 285 g/mol. The van der Waals surface area contributed by atoms with Crippen molar-refractivity contribution in [3.05, 3.63) is 28.8 Å². The predicted molar refractivity (Wildman–Crippen MR) is 83.1 cm³/mol. The summed E-state index contributed by atoms with van der Waals surface area (Å²) in [6.45, 7) is 7.95. The van der Waals surface area contributed by atoms with Crippen molar-refractivity contribution in [3.8, 4) is 0 Å². The summed E-state index contributed by atoms with van der Waals surface area (Å²) in [6.07, 6.45) is -0.485. The van der Waals surface area contributed by atoms with Crippen LogP contribution in [-0.2, 0) is 0 Å². The van der Waals surface area contributed by atoms with Gasteiger partial charge in [0.1, 0.15) is 0 Å². The maximum absolute atomic E-state index is 9.58. The Labute approximate surface area is 121 Å². The number of aliphatic hydroxyl groups is 1. The van der Waals surface area contributed by atoms with Crippen molar-refractivity contribution in [3.63, 3.8) is 0 Å². The molecule has 0 heterocycles. The van der Waals surface area contributed by atoms with E-state index in [2.05, 4.69) is 37.7 Å². The molecule has 108 valence electrons. The van der Waals surface area contributed by atoms with Crippen molar-refractivity contribution < 1.29 is 5.11 Å². The van der Waals surface area contributed by atoms with Crippen LogP contribution >= 0.6 is 11.6 Å². The van der Waals surface area contributed by atoms with Crippen LogP contribution in [0, 0.1) is 0 Å². The molecular formula is C15H25ClN2O. The van der Waals surface area contributed by atoms with E-state index >= 15 is 0 Å². The lowest BCUT2D eigenvalue weighted by Crippen LogP contribution is -2.40. The first kappa shape index (κ1) is 16.3. The Kier molecular flexibility index (Phi) is 6.11. The highest BCUT2D eigenvalue weighted by Gasteiger charge is 2.17. The molecule has 0 fully saturated rings. The number of aliphatic hydroxyl groups excluding tert-OH is 1. The summed E-state index contributed by atoms with van der Waals surface area (Å²) in [5.41, 5.74) is 1.88. The fourth-order valence-electron chi connectivity index (χ4n) is 2.36. The van der Waals surface area contributed by atoms with E-state index in [4.69, 9.17) is 11.6 Å². The van der Waals surface area contributed by atoms with Crippen LogP contribution in [0.2, 0.25) is 5.02 Å². The van der Waals surface area contributed by atoms with Crippen LogP contribution in [0.5, 0.6) is 0 Å². The molecule has 0 saturated carbocycles. The average Bonchev–Trinajstić information content (AvgIpc) is 2.30. The molecule has 0 bridgehead atoms. The Morgan fingerprint density at radius 1 is 1.26 bits per heavy atom. The largest absolute Gasteiger partial charge is 0.389 e. The fraction of sp³-hybridized carbons (Fsp3) is 0.600. The van der Waals surface area contributed by atoms with Gasteiger partial charge >= 0.3 is 0 Å². The summed E-state index contributed by atoms with van der Waals surface area (Å²) in [5, 5.41) is 10.3. The molecule has 4 heteroatoms. The van der Waals surface area contributed by atoms with Gasteiger partial charge in [-0.05, 0) is 52.6 Å². The Morgan fingerprint density at radius 3 is 2.32 bits per heavy atom. The van der Waals surface area contributed by atoms with Gasteiger partial charge in [0.2, 0.25) is 0 Å². The topological polar surface area (TPSA) is 26.7 Å². The van der Waals surface area contributed by atoms with Crippen molar-refractivity contribution in [1.82, 2.24) is 4.90 Å². The molecule has 2 atom stereocenters. The number of likely N-dealkylation sites (N-methyl/N-ethyl adjacent to an activating group) is 2. The Hall–Kier alpha value is -0.770. The molecule has 0 spiro atoms. The predicted octanol–water partition coefficient (Wildman–Crippen LogP) is 3.17. The van der Waals surface area contributed by atoms with Gasteiger partial charge in [-0.15, -0.1) is 0 Å². The van der Waals surface area contributed by atoms with Gasteiger partial charge in [0.05, 0.1) is 16.8 Å². The number of nitrogens with zero attached hydrogens (tertiary/aromatic N) is 2. The van der Waals surface area contributed by atoms with Crippen LogP contribution in [0.4, 0.5) is 5.69 Å². The zero-order valence-electron chi connectivity index (χ0n) is 12.5. The molecule has 19 heavy (non-hydrogen) atoms. The van der Waals surface area contributed by atoms with E-state index in [0.717, 1.165) is 24.3 Å². The molecule has 1 unspecified atom stereocenters. The van der Waals surface area contributed by atoms with Gasteiger partial charge in [-0.25, -0.2) is 0 Å². The van der Waals surface area contributed by atoms with E-state index in [0.29, 0.717) is 11.1 Å². The number of hydrogen-bond acceptors (Lipinski definition) is 3. The minimum absolute atomic E-state index is 0.384.